The third-order valence-corrected chi connectivity index (χ3v) is 5.96. The van der Waals surface area contributed by atoms with Gasteiger partial charge in [-0.1, -0.05) is 12.1 Å². The number of hydrogen-bond donors (Lipinski definition) is 1. The molecule has 1 N–H and O–H groups in total. The minimum absolute atomic E-state index is 0.284. The quantitative estimate of drug-likeness (QED) is 0.721. The van der Waals surface area contributed by atoms with Crippen molar-refractivity contribution in [3.63, 3.8) is 0 Å². The molecule has 1 fully saturated rings. The number of aromatic nitrogens is 4. The Morgan fingerprint density at radius 2 is 1.97 bits per heavy atom. The zero-order valence-electron chi connectivity index (χ0n) is 16.8. The number of pyridine rings is 1. The highest BCUT2D eigenvalue weighted by Crippen LogP contribution is 2.33. The zero-order chi connectivity index (χ0) is 20.7. The summed E-state index contributed by atoms with van der Waals surface area (Å²) in [5, 5.41) is 11.1. The van der Waals surface area contributed by atoms with Gasteiger partial charge in [0.05, 0.1) is 5.69 Å². The number of fused-ring (bicyclic) bond motifs is 2. The molecule has 0 saturated carbocycles. The maximum atomic E-state index is 13.4. The lowest BCUT2D eigenvalue weighted by Crippen LogP contribution is -2.31. The lowest BCUT2D eigenvalue weighted by molar-refractivity contribution is 0.100. The van der Waals surface area contributed by atoms with Crippen molar-refractivity contribution in [1.29, 1.82) is 0 Å². The van der Waals surface area contributed by atoms with E-state index < -0.39 is 5.82 Å². The summed E-state index contributed by atoms with van der Waals surface area (Å²) in [5.41, 5.74) is 2.52. The minimum Gasteiger partial charge on any atom is -0.319 e. The van der Waals surface area contributed by atoms with Crippen molar-refractivity contribution in [1.82, 2.24) is 24.6 Å². The predicted molar refractivity (Wildman–Crippen MR) is 109 cm³/mol. The van der Waals surface area contributed by atoms with Gasteiger partial charge in [0.15, 0.2) is 0 Å². The van der Waals surface area contributed by atoms with E-state index in [0.717, 1.165) is 49.8 Å². The second kappa shape index (κ2) is 7.60. The van der Waals surface area contributed by atoms with Crippen LogP contribution >= 0.6 is 0 Å². The van der Waals surface area contributed by atoms with E-state index in [1.807, 2.05) is 23.6 Å². The standard InChI is InChI=1S/C22H23FN6O/c1-14-4-2-7-19(24-14)13-28-10-15-8-20-26-27-21(29(20)12-16(15)11-28)22(30)25-18-6-3-5-17(23)9-18/h2-7,9,15-16H,8,10-13H2,1H3,(H,25,30)/t15-,16-/m1/s1. The van der Waals surface area contributed by atoms with Crippen LogP contribution in [0.1, 0.15) is 27.8 Å². The number of amides is 1. The molecule has 5 rings (SSSR count). The van der Waals surface area contributed by atoms with Crippen LogP contribution in [0.15, 0.2) is 42.5 Å². The largest absolute Gasteiger partial charge is 0.319 e. The van der Waals surface area contributed by atoms with E-state index >= 15 is 0 Å². The molecule has 1 saturated heterocycles. The number of rotatable bonds is 4. The summed E-state index contributed by atoms with van der Waals surface area (Å²) in [6.07, 6.45) is 0.808. The van der Waals surface area contributed by atoms with Crippen molar-refractivity contribution in [2.45, 2.75) is 26.4 Å². The Morgan fingerprint density at radius 3 is 2.80 bits per heavy atom. The first kappa shape index (κ1) is 18.9. The SMILES string of the molecule is Cc1cccc(CN2C[C@H]3Cc4nnc(C(=O)Nc5cccc(F)c5)n4C[C@H]3C2)n1. The fourth-order valence-corrected chi connectivity index (χ4v) is 4.59. The average Bonchev–Trinajstić information content (AvgIpc) is 3.28. The summed E-state index contributed by atoms with van der Waals surface area (Å²) < 4.78 is 15.3. The number of anilines is 1. The Balaban J connectivity index is 1.28. The Labute approximate surface area is 174 Å². The number of benzene rings is 1. The van der Waals surface area contributed by atoms with Gasteiger partial charge in [0.1, 0.15) is 11.6 Å². The molecule has 2 atom stereocenters. The van der Waals surface area contributed by atoms with Gasteiger partial charge in [0, 0.05) is 44.0 Å². The van der Waals surface area contributed by atoms with E-state index in [2.05, 4.69) is 31.5 Å². The number of carbonyl (C=O) groups excluding carboxylic acids is 1. The minimum atomic E-state index is -0.395. The summed E-state index contributed by atoms with van der Waals surface area (Å²) in [5.74, 6) is 1.32. The van der Waals surface area contributed by atoms with Crippen LogP contribution in [0.2, 0.25) is 0 Å². The van der Waals surface area contributed by atoms with Crippen molar-refractivity contribution in [2.75, 3.05) is 18.4 Å². The van der Waals surface area contributed by atoms with Crippen LogP contribution in [-0.2, 0) is 19.5 Å². The normalized spacial score (nSPS) is 20.6. The van der Waals surface area contributed by atoms with Crippen LogP contribution in [0.3, 0.4) is 0 Å². The molecule has 2 aliphatic heterocycles. The molecule has 0 aliphatic carbocycles. The van der Waals surface area contributed by atoms with E-state index in [9.17, 15) is 9.18 Å². The molecule has 30 heavy (non-hydrogen) atoms. The molecule has 1 aromatic carbocycles. The molecule has 0 spiro atoms. The summed E-state index contributed by atoms with van der Waals surface area (Å²) in [6.45, 7) is 5.52. The number of hydrogen-bond acceptors (Lipinski definition) is 5. The first-order valence-corrected chi connectivity index (χ1v) is 10.2. The van der Waals surface area contributed by atoms with Gasteiger partial charge in [-0.3, -0.25) is 14.7 Å². The molecular formula is C22H23FN6O. The van der Waals surface area contributed by atoms with E-state index in [1.165, 1.54) is 12.1 Å². The molecule has 2 aliphatic rings. The highest BCUT2D eigenvalue weighted by Gasteiger charge is 2.39. The number of nitrogens with zero attached hydrogens (tertiary/aromatic N) is 5. The predicted octanol–water partition coefficient (Wildman–Crippen LogP) is 2.68. The Kier molecular flexibility index (Phi) is 4.78. The molecule has 0 unspecified atom stereocenters. The molecule has 0 bridgehead atoms. The second-order valence-electron chi connectivity index (χ2n) is 8.20. The number of likely N-dealkylation sites (tertiary alicyclic amines) is 1. The second-order valence-corrected chi connectivity index (χ2v) is 8.20. The van der Waals surface area contributed by atoms with Crippen molar-refractivity contribution >= 4 is 11.6 Å². The smallest absolute Gasteiger partial charge is 0.293 e. The first-order chi connectivity index (χ1) is 14.5. The summed E-state index contributed by atoms with van der Waals surface area (Å²) in [7, 11) is 0. The van der Waals surface area contributed by atoms with Gasteiger partial charge < -0.3 is 9.88 Å². The zero-order valence-corrected chi connectivity index (χ0v) is 16.8. The summed E-state index contributed by atoms with van der Waals surface area (Å²) in [4.78, 5) is 19.8. The monoisotopic (exact) mass is 406 g/mol. The van der Waals surface area contributed by atoms with Crippen molar-refractivity contribution in [3.8, 4) is 0 Å². The molecule has 154 valence electrons. The van der Waals surface area contributed by atoms with Crippen molar-refractivity contribution < 1.29 is 9.18 Å². The Bertz CT molecular complexity index is 1100. The highest BCUT2D eigenvalue weighted by molar-refractivity contribution is 6.01. The van der Waals surface area contributed by atoms with E-state index in [-0.39, 0.29) is 11.7 Å². The number of nitrogens with one attached hydrogen (secondary N) is 1. The molecule has 7 nitrogen and oxygen atoms in total. The maximum absolute atomic E-state index is 13.4. The highest BCUT2D eigenvalue weighted by atomic mass is 19.1. The summed E-state index contributed by atoms with van der Waals surface area (Å²) in [6, 6.07) is 12.0. The lowest BCUT2D eigenvalue weighted by Gasteiger charge is -2.25. The van der Waals surface area contributed by atoms with Crippen LogP contribution in [0.5, 0.6) is 0 Å². The first-order valence-electron chi connectivity index (χ1n) is 10.2. The molecular weight excluding hydrogens is 383 g/mol. The third kappa shape index (κ3) is 3.70. The fraction of sp³-hybridized carbons (Fsp3) is 0.364. The Hall–Kier alpha value is -3.13. The van der Waals surface area contributed by atoms with Gasteiger partial charge in [0.25, 0.3) is 5.91 Å². The van der Waals surface area contributed by atoms with Crippen LogP contribution in [0.25, 0.3) is 0 Å². The van der Waals surface area contributed by atoms with Gasteiger partial charge >= 0.3 is 0 Å². The van der Waals surface area contributed by atoms with Crippen molar-refractivity contribution in [3.05, 3.63) is 71.3 Å². The average molecular weight is 406 g/mol. The maximum Gasteiger partial charge on any atom is 0.293 e. The van der Waals surface area contributed by atoms with Gasteiger partial charge in [0.2, 0.25) is 5.82 Å². The van der Waals surface area contributed by atoms with Gasteiger partial charge in [-0.2, -0.15) is 0 Å². The molecule has 3 aromatic rings. The van der Waals surface area contributed by atoms with Gasteiger partial charge in [-0.25, -0.2) is 4.39 Å². The van der Waals surface area contributed by atoms with Crippen LogP contribution in [0.4, 0.5) is 10.1 Å². The number of halogens is 1. The topological polar surface area (TPSA) is 75.9 Å². The molecule has 8 heteroatoms. The molecule has 0 radical (unpaired) electrons. The number of aryl methyl sites for hydroxylation is 1. The van der Waals surface area contributed by atoms with E-state index in [0.29, 0.717) is 17.5 Å². The summed E-state index contributed by atoms with van der Waals surface area (Å²) >= 11 is 0. The number of carbonyl (C=O) groups is 1. The van der Waals surface area contributed by atoms with E-state index in [1.54, 1.807) is 12.1 Å². The fourth-order valence-electron chi connectivity index (χ4n) is 4.59. The van der Waals surface area contributed by atoms with Crippen LogP contribution < -0.4 is 5.32 Å². The Morgan fingerprint density at radius 1 is 1.13 bits per heavy atom. The van der Waals surface area contributed by atoms with E-state index in [4.69, 9.17) is 0 Å². The molecule has 4 heterocycles. The van der Waals surface area contributed by atoms with Crippen LogP contribution in [0, 0.1) is 24.6 Å². The van der Waals surface area contributed by atoms with Crippen LogP contribution in [-0.4, -0.2) is 43.6 Å². The van der Waals surface area contributed by atoms with Gasteiger partial charge in [-0.15, -0.1) is 10.2 Å². The van der Waals surface area contributed by atoms with Gasteiger partial charge in [-0.05, 0) is 49.1 Å². The molecule has 2 aromatic heterocycles. The molecule has 1 amide bonds. The lowest BCUT2D eigenvalue weighted by atomic mass is 9.89. The van der Waals surface area contributed by atoms with Crippen molar-refractivity contribution in [2.24, 2.45) is 11.8 Å². The third-order valence-electron chi connectivity index (χ3n) is 5.96.